The summed E-state index contributed by atoms with van der Waals surface area (Å²) in [5.41, 5.74) is 3.47. The minimum Gasteiger partial charge on any atom is -0.453 e. The predicted octanol–water partition coefficient (Wildman–Crippen LogP) is 3.10. The Labute approximate surface area is 164 Å². The van der Waals surface area contributed by atoms with Gasteiger partial charge >= 0.3 is 5.97 Å². The third-order valence-corrected chi connectivity index (χ3v) is 4.74. The minimum absolute atomic E-state index is 0.0957. The van der Waals surface area contributed by atoms with Crippen LogP contribution < -0.4 is 10.2 Å². The first-order chi connectivity index (χ1) is 13.5. The molecule has 146 valence electrons. The van der Waals surface area contributed by atoms with Gasteiger partial charge in [0.25, 0.3) is 5.91 Å². The molecule has 0 aromatic heterocycles. The molecule has 0 spiro atoms. The summed E-state index contributed by atoms with van der Waals surface area (Å²) < 4.78 is 5.32. The second kappa shape index (κ2) is 8.69. The van der Waals surface area contributed by atoms with Gasteiger partial charge in [-0.15, -0.1) is 0 Å². The molecule has 0 unspecified atom stereocenters. The number of ether oxygens (including phenoxy) is 1. The number of esters is 1. The van der Waals surface area contributed by atoms with Crippen LogP contribution in [0.2, 0.25) is 0 Å². The highest BCUT2D eigenvalue weighted by molar-refractivity contribution is 6.11. The van der Waals surface area contributed by atoms with Crippen LogP contribution >= 0.6 is 0 Å². The van der Waals surface area contributed by atoms with Crippen LogP contribution in [-0.4, -0.2) is 30.4 Å². The number of carbonyl (C=O) groups excluding carboxylic acids is 3. The van der Waals surface area contributed by atoms with Crippen LogP contribution in [-0.2, 0) is 32.0 Å². The van der Waals surface area contributed by atoms with Crippen LogP contribution in [0, 0.1) is 0 Å². The Morgan fingerprint density at radius 2 is 1.79 bits per heavy atom. The van der Waals surface area contributed by atoms with Crippen molar-refractivity contribution >= 4 is 29.2 Å². The van der Waals surface area contributed by atoms with E-state index in [9.17, 15) is 14.4 Å². The first-order valence-electron chi connectivity index (χ1n) is 9.45. The molecule has 1 atom stereocenters. The lowest BCUT2D eigenvalue weighted by molar-refractivity contribution is -0.153. The second-order valence-corrected chi connectivity index (χ2v) is 6.79. The molecule has 1 heterocycles. The minimum atomic E-state index is -0.964. The number of carbonyl (C=O) groups is 3. The van der Waals surface area contributed by atoms with Crippen molar-refractivity contribution in [1.82, 2.24) is 0 Å². The summed E-state index contributed by atoms with van der Waals surface area (Å²) in [6, 6.07) is 15.2. The maximum Gasteiger partial charge on any atom is 0.306 e. The summed E-state index contributed by atoms with van der Waals surface area (Å²) in [5.74, 6) is -1.13. The highest BCUT2D eigenvalue weighted by Gasteiger charge is 2.31. The molecule has 3 rings (SSSR count). The van der Waals surface area contributed by atoms with Gasteiger partial charge < -0.3 is 10.1 Å². The lowest BCUT2D eigenvalue weighted by atomic mass is 10.1. The fourth-order valence-corrected chi connectivity index (χ4v) is 3.14. The number of hydrogen-bond donors (Lipinski definition) is 1. The lowest BCUT2D eigenvalue weighted by Crippen LogP contribution is -2.47. The van der Waals surface area contributed by atoms with Gasteiger partial charge in [-0.25, -0.2) is 0 Å². The number of nitrogens with zero attached hydrogens (tertiary/aromatic N) is 1. The van der Waals surface area contributed by atoms with Gasteiger partial charge in [0.1, 0.15) is 6.54 Å². The Morgan fingerprint density at radius 3 is 2.50 bits per heavy atom. The zero-order valence-corrected chi connectivity index (χ0v) is 16.1. The highest BCUT2D eigenvalue weighted by atomic mass is 16.5. The standard InChI is InChI=1S/C22H24N2O4/c1-3-16-8-10-17(11-9-16)12-13-21(26)28-15(2)22(27)24-14-20(25)23-18-6-4-5-7-19(18)24/h4-11,15H,3,12-14H2,1-2H3,(H,23,25)/t15-/m1/s1. The fourth-order valence-electron chi connectivity index (χ4n) is 3.14. The van der Waals surface area contributed by atoms with Crippen molar-refractivity contribution in [2.45, 2.75) is 39.2 Å². The van der Waals surface area contributed by atoms with E-state index in [1.807, 2.05) is 24.3 Å². The molecule has 0 saturated heterocycles. The van der Waals surface area contributed by atoms with E-state index >= 15 is 0 Å². The molecule has 6 nitrogen and oxygen atoms in total. The summed E-state index contributed by atoms with van der Waals surface area (Å²) >= 11 is 0. The Morgan fingerprint density at radius 1 is 1.11 bits per heavy atom. The monoisotopic (exact) mass is 380 g/mol. The number of aryl methyl sites for hydroxylation is 2. The van der Waals surface area contributed by atoms with Gasteiger partial charge in [-0.05, 0) is 43.0 Å². The van der Waals surface area contributed by atoms with E-state index in [1.165, 1.54) is 17.4 Å². The van der Waals surface area contributed by atoms with Crippen LogP contribution in [0.5, 0.6) is 0 Å². The smallest absolute Gasteiger partial charge is 0.306 e. The van der Waals surface area contributed by atoms with Crippen molar-refractivity contribution in [2.24, 2.45) is 0 Å². The summed E-state index contributed by atoms with van der Waals surface area (Å²) in [6.45, 7) is 3.53. The lowest BCUT2D eigenvalue weighted by Gasteiger charge is -2.30. The number of rotatable bonds is 6. The average molecular weight is 380 g/mol. The third-order valence-electron chi connectivity index (χ3n) is 4.74. The zero-order valence-electron chi connectivity index (χ0n) is 16.1. The van der Waals surface area contributed by atoms with Crippen LogP contribution in [0.15, 0.2) is 48.5 Å². The van der Waals surface area contributed by atoms with Crippen LogP contribution in [0.4, 0.5) is 11.4 Å². The molecule has 2 aromatic rings. The van der Waals surface area contributed by atoms with Gasteiger partial charge in [0.05, 0.1) is 11.4 Å². The van der Waals surface area contributed by atoms with Crippen molar-refractivity contribution in [3.8, 4) is 0 Å². The van der Waals surface area contributed by atoms with Gasteiger partial charge in [0.15, 0.2) is 6.10 Å². The second-order valence-electron chi connectivity index (χ2n) is 6.79. The van der Waals surface area contributed by atoms with Crippen molar-refractivity contribution in [2.75, 3.05) is 16.8 Å². The first-order valence-corrected chi connectivity index (χ1v) is 9.45. The van der Waals surface area contributed by atoms with E-state index in [2.05, 4.69) is 12.2 Å². The Hall–Kier alpha value is -3.15. The summed E-state index contributed by atoms with van der Waals surface area (Å²) in [7, 11) is 0. The quantitative estimate of drug-likeness (QED) is 0.782. The Balaban J connectivity index is 1.57. The first kappa shape index (κ1) is 19.6. The van der Waals surface area contributed by atoms with Gasteiger partial charge in [-0.2, -0.15) is 0 Å². The normalized spacial score (nSPS) is 14.1. The Kier molecular flexibility index (Phi) is 6.09. The van der Waals surface area contributed by atoms with E-state index in [0.29, 0.717) is 17.8 Å². The number of anilines is 2. The molecule has 0 radical (unpaired) electrons. The molecule has 6 heteroatoms. The number of fused-ring (bicyclic) bond motifs is 1. The molecule has 0 bridgehead atoms. The molecule has 28 heavy (non-hydrogen) atoms. The predicted molar refractivity (Wildman–Crippen MR) is 107 cm³/mol. The van der Waals surface area contributed by atoms with Crippen molar-refractivity contribution in [3.63, 3.8) is 0 Å². The van der Waals surface area contributed by atoms with E-state index < -0.39 is 18.0 Å². The summed E-state index contributed by atoms with van der Waals surface area (Å²) in [4.78, 5) is 38.2. The van der Waals surface area contributed by atoms with E-state index in [4.69, 9.17) is 4.74 Å². The molecule has 2 aromatic carbocycles. The molecular formula is C22H24N2O4. The topological polar surface area (TPSA) is 75.7 Å². The fraction of sp³-hybridized carbons (Fsp3) is 0.318. The SMILES string of the molecule is CCc1ccc(CCC(=O)O[C@H](C)C(=O)N2CC(=O)Nc3ccccc32)cc1. The molecule has 1 aliphatic rings. The van der Waals surface area contributed by atoms with Crippen molar-refractivity contribution in [3.05, 3.63) is 59.7 Å². The van der Waals surface area contributed by atoms with E-state index in [-0.39, 0.29) is 18.9 Å². The number of hydrogen-bond acceptors (Lipinski definition) is 4. The van der Waals surface area contributed by atoms with Gasteiger partial charge in [-0.1, -0.05) is 43.3 Å². The number of benzene rings is 2. The summed E-state index contributed by atoms with van der Waals surface area (Å²) in [5, 5.41) is 2.73. The highest BCUT2D eigenvalue weighted by Crippen LogP contribution is 2.29. The molecule has 0 saturated carbocycles. The number of amides is 2. The average Bonchev–Trinajstić information content (AvgIpc) is 2.71. The maximum absolute atomic E-state index is 12.8. The van der Waals surface area contributed by atoms with Crippen molar-refractivity contribution in [1.29, 1.82) is 0 Å². The molecule has 2 amide bonds. The van der Waals surface area contributed by atoms with Crippen LogP contribution in [0.25, 0.3) is 0 Å². The molecule has 1 aliphatic heterocycles. The molecular weight excluding hydrogens is 356 g/mol. The molecule has 0 aliphatic carbocycles. The molecule has 0 fully saturated rings. The number of nitrogens with one attached hydrogen (secondary N) is 1. The number of para-hydroxylation sites is 2. The zero-order chi connectivity index (χ0) is 20.1. The summed E-state index contributed by atoms with van der Waals surface area (Å²) in [6.07, 6.45) is 0.757. The van der Waals surface area contributed by atoms with Crippen LogP contribution in [0.3, 0.4) is 0 Å². The van der Waals surface area contributed by atoms with Crippen LogP contribution in [0.1, 0.15) is 31.4 Å². The maximum atomic E-state index is 12.8. The largest absolute Gasteiger partial charge is 0.453 e. The van der Waals surface area contributed by atoms with Gasteiger partial charge in [-0.3, -0.25) is 19.3 Å². The van der Waals surface area contributed by atoms with E-state index in [1.54, 1.807) is 24.3 Å². The van der Waals surface area contributed by atoms with Crippen molar-refractivity contribution < 1.29 is 19.1 Å². The third kappa shape index (κ3) is 4.57. The van der Waals surface area contributed by atoms with Gasteiger partial charge in [0.2, 0.25) is 5.91 Å². The molecule has 1 N–H and O–H groups in total. The Bertz CT molecular complexity index is 876. The van der Waals surface area contributed by atoms with E-state index in [0.717, 1.165) is 12.0 Å². The van der Waals surface area contributed by atoms with Gasteiger partial charge in [0, 0.05) is 6.42 Å².